The minimum Gasteiger partial charge on any atom is -0.356 e. The molecule has 0 saturated heterocycles. The van der Waals surface area contributed by atoms with E-state index in [1.165, 1.54) is 5.56 Å². The first-order valence-electron chi connectivity index (χ1n) is 9.21. The van der Waals surface area contributed by atoms with Gasteiger partial charge in [-0.1, -0.05) is 37.3 Å². The van der Waals surface area contributed by atoms with Crippen molar-refractivity contribution in [3.8, 4) is 0 Å². The lowest BCUT2D eigenvalue weighted by molar-refractivity contribution is -0.122. The van der Waals surface area contributed by atoms with Gasteiger partial charge in [-0.2, -0.15) is 5.10 Å². The Morgan fingerprint density at radius 1 is 1.31 bits per heavy atom. The quantitative estimate of drug-likeness (QED) is 0.831. The predicted octanol–water partition coefficient (Wildman–Crippen LogP) is 2.63. The molecule has 1 atom stereocenters. The fourth-order valence-electron chi connectivity index (χ4n) is 3.27. The first kappa shape index (κ1) is 18.2. The van der Waals surface area contributed by atoms with Crippen LogP contribution in [-0.2, 0) is 16.1 Å². The Morgan fingerprint density at radius 2 is 2.08 bits per heavy atom. The minimum atomic E-state index is 0.0296. The first-order valence-corrected chi connectivity index (χ1v) is 9.21. The maximum absolute atomic E-state index is 12.2. The Bertz CT molecular complexity index is 769. The van der Waals surface area contributed by atoms with Gasteiger partial charge in [-0.3, -0.25) is 14.5 Å². The highest BCUT2D eigenvalue weighted by Gasteiger charge is 2.25. The number of hydrogen-bond acceptors (Lipinski definition) is 3. The normalized spacial score (nSPS) is 14.8. The van der Waals surface area contributed by atoms with Crippen LogP contribution >= 0.6 is 0 Å². The van der Waals surface area contributed by atoms with Gasteiger partial charge < -0.3 is 5.32 Å². The monoisotopic (exact) mass is 354 g/mol. The van der Waals surface area contributed by atoms with Crippen LogP contribution in [0.15, 0.2) is 36.4 Å². The molecule has 0 aliphatic carbocycles. The molecule has 0 fully saturated rings. The maximum atomic E-state index is 12.2. The summed E-state index contributed by atoms with van der Waals surface area (Å²) in [7, 11) is 0. The van der Waals surface area contributed by atoms with Crippen LogP contribution < -0.4 is 10.2 Å². The van der Waals surface area contributed by atoms with E-state index in [0.717, 1.165) is 11.5 Å². The molecule has 26 heavy (non-hydrogen) atoms. The van der Waals surface area contributed by atoms with Crippen LogP contribution in [0.4, 0.5) is 5.82 Å². The van der Waals surface area contributed by atoms with Gasteiger partial charge in [-0.05, 0) is 24.8 Å². The lowest BCUT2D eigenvalue weighted by atomic mass is 10.0. The van der Waals surface area contributed by atoms with Gasteiger partial charge in [0.25, 0.3) is 0 Å². The molecule has 3 rings (SSSR count). The summed E-state index contributed by atoms with van der Waals surface area (Å²) in [6.45, 7) is 5.83. The smallest absolute Gasteiger partial charge is 0.229 e. The number of carbonyl (C=O) groups is 2. The summed E-state index contributed by atoms with van der Waals surface area (Å²) in [6.07, 6.45) is 1.52. The van der Waals surface area contributed by atoms with Crippen LogP contribution in [-0.4, -0.2) is 34.7 Å². The van der Waals surface area contributed by atoms with Crippen LogP contribution in [0.2, 0.25) is 0 Å². The molecule has 0 spiro atoms. The van der Waals surface area contributed by atoms with Crippen LogP contribution in [0, 0.1) is 6.92 Å². The van der Waals surface area contributed by atoms with Crippen molar-refractivity contribution in [1.29, 1.82) is 0 Å². The average molecular weight is 354 g/mol. The Morgan fingerprint density at radius 3 is 2.85 bits per heavy atom. The lowest BCUT2D eigenvalue weighted by Gasteiger charge is -2.27. The lowest BCUT2D eigenvalue weighted by Crippen LogP contribution is -2.38. The predicted molar refractivity (Wildman–Crippen MR) is 101 cm³/mol. The van der Waals surface area contributed by atoms with Crippen molar-refractivity contribution in [2.75, 3.05) is 18.0 Å². The van der Waals surface area contributed by atoms with E-state index in [4.69, 9.17) is 0 Å². The highest BCUT2D eigenvalue weighted by Crippen LogP contribution is 2.22. The molecule has 6 heteroatoms. The largest absolute Gasteiger partial charge is 0.356 e. The molecule has 0 saturated carbocycles. The number of anilines is 1. The Kier molecular flexibility index (Phi) is 5.71. The Balaban J connectivity index is 1.44. The summed E-state index contributed by atoms with van der Waals surface area (Å²) in [6, 6.07) is 12.1. The standard InChI is InChI=1S/C20H26N4O2/c1-15(17-7-4-3-5-8-17)14-21-18(25)9-6-11-23-19-13-16(2)22-24(19)12-10-20(23)26/h3-5,7-8,13,15H,6,9-12,14H2,1-2H3,(H,21,25)/t15-/m0/s1. The molecule has 1 aromatic heterocycles. The van der Waals surface area contributed by atoms with Crippen LogP contribution in [0.1, 0.15) is 43.4 Å². The molecular formula is C20H26N4O2. The molecular weight excluding hydrogens is 328 g/mol. The minimum absolute atomic E-state index is 0.0296. The van der Waals surface area contributed by atoms with E-state index in [1.54, 1.807) is 4.90 Å². The summed E-state index contributed by atoms with van der Waals surface area (Å²) in [5, 5.41) is 7.39. The van der Waals surface area contributed by atoms with Gasteiger partial charge in [0.05, 0.1) is 12.2 Å². The summed E-state index contributed by atoms with van der Waals surface area (Å²) >= 11 is 0. The van der Waals surface area contributed by atoms with Gasteiger partial charge in [0.1, 0.15) is 5.82 Å². The molecule has 1 aliphatic rings. The summed E-state index contributed by atoms with van der Waals surface area (Å²) in [5.74, 6) is 1.26. The van der Waals surface area contributed by atoms with E-state index >= 15 is 0 Å². The average Bonchev–Trinajstić information content (AvgIpc) is 3.03. The molecule has 0 bridgehead atoms. The number of nitrogens with one attached hydrogen (secondary N) is 1. The third-order valence-corrected chi connectivity index (χ3v) is 4.76. The van der Waals surface area contributed by atoms with Crippen LogP contribution in [0.5, 0.6) is 0 Å². The van der Waals surface area contributed by atoms with Gasteiger partial charge in [-0.25, -0.2) is 4.68 Å². The molecule has 2 amide bonds. The van der Waals surface area contributed by atoms with E-state index in [1.807, 2.05) is 35.9 Å². The number of fused-ring (bicyclic) bond motifs is 1. The number of rotatable bonds is 7. The number of aromatic nitrogens is 2. The topological polar surface area (TPSA) is 67.2 Å². The highest BCUT2D eigenvalue weighted by molar-refractivity contribution is 5.93. The Hall–Kier alpha value is -2.63. The van der Waals surface area contributed by atoms with Crippen molar-refractivity contribution in [2.24, 2.45) is 0 Å². The fourth-order valence-corrected chi connectivity index (χ4v) is 3.27. The number of aryl methyl sites for hydroxylation is 2. The number of benzene rings is 1. The zero-order chi connectivity index (χ0) is 18.5. The van der Waals surface area contributed by atoms with E-state index < -0.39 is 0 Å². The van der Waals surface area contributed by atoms with Crippen molar-refractivity contribution < 1.29 is 9.59 Å². The molecule has 2 aromatic rings. The van der Waals surface area contributed by atoms with Crippen molar-refractivity contribution in [3.05, 3.63) is 47.7 Å². The second kappa shape index (κ2) is 8.17. The number of carbonyl (C=O) groups excluding carboxylic acids is 2. The van der Waals surface area contributed by atoms with Gasteiger partial charge in [0.15, 0.2) is 0 Å². The summed E-state index contributed by atoms with van der Waals surface area (Å²) in [4.78, 5) is 26.1. The summed E-state index contributed by atoms with van der Waals surface area (Å²) < 4.78 is 1.87. The number of hydrogen-bond donors (Lipinski definition) is 1. The third-order valence-electron chi connectivity index (χ3n) is 4.76. The second-order valence-corrected chi connectivity index (χ2v) is 6.88. The third kappa shape index (κ3) is 4.31. The van der Waals surface area contributed by atoms with E-state index in [9.17, 15) is 9.59 Å². The summed E-state index contributed by atoms with van der Waals surface area (Å²) in [5.41, 5.74) is 2.13. The maximum Gasteiger partial charge on any atom is 0.229 e. The van der Waals surface area contributed by atoms with Gasteiger partial charge in [0.2, 0.25) is 11.8 Å². The number of amides is 2. The highest BCUT2D eigenvalue weighted by atomic mass is 16.2. The molecule has 2 heterocycles. The van der Waals surface area contributed by atoms with E-state index in [2.05, 4.69) is 29.5 Å². The van der Waals surface area contributed by atoms with E-state index in [-0.39, 0.29) is 17.7 Å². The first-order chi connectivity index (χ1) is 12.5. The SMILES string of the molecule is Cc1cc2n(n1)CCC(=O)N2CCCC(=O)NC[C@H](C)c1ccccc1. The fraction of sp³-hybridized carbons (Fsp3) is 0.450. The molecule has 1 aliphatic heterocycles. The van der Waals surface area contributed by atoms with Crippen LogP contribution in [0.3, 0.4) is 0 Å². The molecule has 138 valence electrons. The van der Waals surface area contributed by atoms with E-state index in [0.29, 0.717) is 38.9 Å². The molecule has 1 aromatic carbocycles. The van der Waals surface area contributed by atoms with Crippen molar-refractivity contribution in [1.82, 2.24) is 15.1 Å². The Labute approximate surface area is 154 Å². The molecule has 0 unspecified atom stereocenters. The second-order valence-electron chi connectivity index (χ2n) is 6.88. The van der Waals surface area contributed by atoms with Crippen molar-refractivity contribution in [2.45, 2.75) is 45.6 Å². The van der Waals surface area contributed by atoms with Gasteiger partial charge in [0, 0.05) is 32.0 Å². The zero-order valence-electron chi connectivity index (χ0n) is 15.4. The molecule has 1 N–H and O–H groups in total. The van der Waals surface area contributed by atoms with Crippen LogP contribution in [0.25, 0.3) is 0 Å². The van der Waals surface area contributed by atoms with Crippen molar-refractivity contribution in [3.63, 3.8) is 0 Å². The zero-order valence-corrected chi connectivity index (χ0v) is 15.4. The van der Waals surface area contributed by atoms with Gasteiger partial charge >= 0.3 is 0 Å². The molecule has 6 nitrogen and oxygen atoms in total. The molecule has 0 radical (unpaired) electrons. The number of nitrogens with zero attached hydrogens (tertiary/aromatic N) is 3. The van der Waals surface area contributed by atoms with Crippen molar-refractivity contribution >= 4 is 17.6 Å². The van der Waals surface area contributed by atoms with Gasteiger partial charge in [-0.15, -0.1) is 0 Å².